The molecule has 0 atom stereocenters. The van der Waals surface area contributed by atoms with Crippen LogP contribution >= 0.6 is 0 Å². The minimum atomic E-state index is 0.0419. The molecule has 1 heterocycles. The van der Waals surface area contributed by atoms with Gasteiger partial charge < -0.3 is 10.2 Å². The molecule has 0 bridgehead atoms. The van der Waals surface area contributed by atoms with Crippen LogP contribution < -0.4 is 21.1 Å². The molecule has 2 nitrogen and oxygen atoms in total. The Morgan fingerprint density at radius 3 is 1.65 bits per heavy atom. The number of benzene rings is 8. The molecular formula is C62H61BN2. The molecule has 0 saturated carbocycles. The second-order valence-corrected chi connectivity index (χ2v) is 22.0. The van der Waals surface area contributed by atoms with Crippen LogP contribution in [0.5, 0.6) is 0 Å². The van der Waals surface area contributed by atoms with Crippen molar-refractivity contribution in [2.24, 2.45) is 0 Å². The van der Waals surface area contributed by atoms with Crippen LogP contribution in [-0.4, -0.2) is 7.28 Å². The molecule has 8 aromatic rings. The molecule has 8 aromatic carbocycles. The van der Waals surface area contributed by atoms with Crippen LogP contribution in [0.15, 0.2) is 164 Å². The molecule has 0 aromatic heterocycles. The summed E-state index contributed by atoms with van der Waals surface area (Å²) in [6.07, 6.45) is 4.72. The number of hydrogen-bond donors (Lipinski definition) is 1. The van der Waals surface area contributed by atoms with Gasteiger partial charge in [-0.3, -0.25) is 0 Å². The summed E-state index contributed by atoms with van der Waals surface area (Å²) in [6.45, 7) is 19.5. The van der Waals surface area contributed by atoms with Crippen molar-refractivity contribution in [3.8, 4) is 33.4 Å². The number of nitrogens with zero attached hydrogens (tertiary/aromatic N) is 1. The van der Waals surface area contributed by atoms with E-state index in [0.717, 1.165) is 31.5 Å². The van der Waals surface area contributed by atoms with Gasteiger partial charge in [0.2, 0.25) is 0 Å². The maximum atomic E-state index is 4.16. The summed E-state index contributed by atoms with van der Waals surface area (Å²) in [5, 5.41) is 6.67. The number of anilines is 5. The van der Waals surface area contributed by atoms with Gasteiger partial charge in [-0.15, -0.1) is 0 Å². The second kappa shape index (κ2) is 15.1. The molecule has 322 valence electrons. The van der Waals surface area contributed by atoms with Crippen LogP contribution in [0.4, 0.5) is 28.4 Å². The summed E-state index contributed by atoms with van der Waals surface area (Å²) >= 11 is 0. The Morgan fingerprint density at radius 2 is 0.985 bits per heavy atom. The molecule has 2 aliphatic carbocycles. The van der Waals surface area contributed by atoms with Crippen LogP contribution in [0.1, 0.15) is 103 Å². The van der Waals surface area contributed by atoms with Gasteiger partial charge in [-0.1, -0.05) is 176 Å². The number of rotatable bonds is 6. The van der Waals surface area contributed by atoms with E-state index in [1.165, 1.54) is 107 Å². The predicted molar refractivity (Wildman–Crippen MR) is 282 cm³/mol. The molecule has 0 radical (unpaired) electrons. The highest BCUT2D eigenvalue weighted by Gasteiger charge is 2.40. The Balaban J connectivity index is 1.17. The molecule has 0 fully saturated rings. The maximum absolute atomic E-state index is 4.16. The molecule has 0 unspecified atom stereocenters. The molecule has 0 saturated heterocycles. The van der Waals surface area contributed by atoms with Crippen LogP contribution in [0.2, 0.25) is 0 Å². The van der Waals surface area contributed by atoms with Gasteiger partial charge in [-0.05, 0) is 157 Å². The fraction of sp³-hybridized carbons (Fsp3) is 0.258. The smallest absolute Gasteiger partial charge is 0.198 e. The van der Waals surface area contributed by atoms with Crippen molar-refractivity contribution in [1.82, 2.24) is 0 Å². The average molecular weight is 845 g/mol. The molecule has 3 aliphatic rings. The standard InChI is InChI=1S/C62H61BN2/c1-59(2)31-32-60(3,4)51-37-45(26-29-50(51)59)64-55-39-53-52(61(5,6)33-34-62(53,7)8)38-48(55)49-35-44-21-15-16-22-47(44)58-57(49)63-54-36-43(41-19-13-10-14-20-41)25-30-56(54)65(58)46-27-23-42(24-28-46)40-17-11-9-12-18-40/h9-30,35-39,63-64H,31-34H2,1-8H3. The van der Waals surface area contributed by atoms with Gasteiger partial charge in [0.25, 0.3) is 0 Å². The van der Waals surface area contributed by atoms with E-state index >= 15 is 0 Å². The van der Waals surface area contributed by atoms with Gasteiger partial charge in [0.1, 0.15) is 0 Å². The lowest BCUT2D eigenvalue weighted by Crippen LogP contribution is -2.41. The maximum Gasteiger partial charge on any atom is 0.198 e. The first-order valence-corrected chi connectivity index (χ1v) is 24.0. The molecule has 1 N–H and O–H groups in total. The largest absolute Gasteiger partial charge is 0.355 e. The SMILES string of the molecule is CC1(C)CCC(C)(C)c2cc(Nc3cc4c(cc3-c3cc5ccccc5c5c3Bc3cc(-c6ccccc6)ccc3N5c3ccc(-c5ccccc5)cc3)C(C)(C)CCC4(C)C)ccc21. The van der Waals surface area contributed by atoms with Crippen LogP contribution in [0.25, 0.3) is 44.2 Å². The highest BCUT2D eigenvalue weighted by Crippen LogP contribution is 2.52. The average Bonchev–Trinajstić information content (AvgIpc) is 3.31. The molecule has 65 heavy (non-hydrogen) atoms. The normalized spacial score (nSPS) is 17.3. The van der Waals surface area contributed by atoms with E-state index < -0.39 is 0 Å². The lowest BCUT2D eigenvalue weighted by molar-refractivity contribution is 0.332. The minimum absolute atomic E-state index is 0.0419. The lowest BCUT2D eigenvalue weighted by Gasteiger charge is -2.43. The van der Waals surface area contributed by atoms with Gasteiger partial charge in [-0.25, -0.2) is 0 Å². The van der Waals surface area contributed by atoms with Crippen molar-refractivity contribution in [2.75, 3.05) is 10.2 Å². The third kappa shape index (κ3) is 7.10. The Kier molecular flexibility index (Phi) is 9.63. The fourth-order valence-electron chi connectivity index (χ4n) is 11.6. The highest BCUT2D eigenvalue weighted by molar-refractivity contribution is 6.74. The molecule has 11 rings (SSSR count). The van der Waals surface area contributed by atoms with E-state index in [1.807, 2.05) is 0 Å². The summed E-state index contributed by atoms with van der Waals surface area (Å²) in [7, 11) is 0.817. The molecule has 3 heteroatoms. The van der Waals surface area contributed by atoms with Gasteiger partial charge in [-0.2, -0.15) is 0 Å². The van der Waals surface area contributed by atoms with Crippen molar-refractivity contribution in [3.63, 3.8) is 0 Å². The van der Waals surface area contributed by atoms with Crippen molar-refractivity contribution < 1.29 is 0 Å². The molecule has 0 spiro atoms. The van der Waals surface area contributed by atoms with E-state index in [0.29, 0.717) is 0 Å². The van der Waals surface area contributed by atoms with E-state index in [1.54, 1.807) is 0 Å². The third-order valence-electron chi connectivity index (χ3n) is 15.8. The summed E-state index contributed by atoms with van der Waals surface area (Å²) < 4.78 is 0. The van der Waals surface area contributed by atoms with Gasteiger partial charge in [0.05, 0.1) is 0 Å². The van der Waals surface area contributed by atoms with E-state index in [-0.39, 0.29) is 21.7 Å². The van der Waals surface area contributed by atoms with E-state index in [9.17, 15) is 0 Å². The van der Waals surface area contributed by atoms with Gasteiger partial charge >= 0.3 is 0 Å². The predicted octanol–water partition coefficient (Wildman–Crippen LogP) is 15.5. The zero-order chi connectivity index (χ0) is 44.9. The number of nitrogens with one attached hydrogen (secondary N) is 1. The number of hydrogen-bond acceptors (Lipinski definition) is 2. The zero-order valence-corrected chi connectivity index (χ0v) is 39.6. The first-order chi connectivity index (χ1) is 31.2. The summed E-state index contributed by atoms with van der Waals surface area (Å²) in [5.41, 5.74) is 22.5. The lowest BCUT2D eigenvalue weighted by atomic mass is 9.57. The molecular weight excluding hydrogens is 784 g/mol. The Morgan fingerprint density at radius 1 is 0.446 bits per heavy atom. The third-order valence-corrected chi connectivity index (χ3v) is 15.8. The van der Waals surface area contributed by atoms with Crippen molar-refractivity contribution in [2.45, 2.75) is 103 Å². The first-order valence-electron chi connectivity index (χ1n) is 24.0. The Hall–Kier alpha value is -6.32. The first kappa shape index (κ1) is 41.4. The van der Waals surface area contributed by atoms with Crippen LogP contribution in [0.3, 0.4) is 0 Å². The monoisotopic (exact) mass is 844 g/mol. The topological polar surface area (TPSA) is 15.3 Å². The van der Waals surface area contributed by atoms with Crippen molar-refractivity contribution in [3.05, 3.63) is 186 Å². The van der Waals surface area contributed by atoms with Crippen LogP contribution in [-0.2, 0) is 21.7 Å². The van der Waals surface area contributed by atoms with E-state index in [2.05, 4.69) is 229 Å². The van der Waals surface area contributed by atoms with Gasteiger partial charge in [0.15, 0.2) is 7.28 Å². The fourth-order valence-corrected chi connectivity index (χ4v) is 11.6. The summed E-state index contributed by atoms with van der Waals surface area (Å²) in [6, 6.07) is 61.9. The molecule has 1 aliphatic heterocycles. The summed E-state index contributed by atoms with van der Waals surface area (Å²) in [5.74, 6) is 0. The Bertz CT molecular complexity index is 3140. The van der Waals surface area contributed by atoms with Crippen molar-refractivity contribution in [1.29, 1.82) is 0 Å². The van der Waals surface area contributed by atoms with Crippen LogP contribution in [0, 0.1) is 0 Å². The highest BCUT2D eigenvalue weighted by atomic mass is 15.2. The Labute approximate surface area is 388 Å². The second-order valence-electron chi connectivity index (χ2n) is 22.0. The minimum Gasteiger partial charge on any atom is -0.355 e. The van der Waals surface area contributed by atoms with E-state index in [4.69, 9.17) is 0 Å². The number of fused-ring (bicyclic) bond motifs is 6. The van der Waals surface area contributed by atoms with Crippen molar-refractivity contribution >= 4 is 57.4 Å². The zero-order valence-electron chi connectivity index (χ0n) is 39.6. The molecule has 0 amide bonds. The summed E-state index contributed by atoms with van der Waals surface area (Å²) in [4.78, 5) is 2.56. The quantitative estimate of drug-likeness (QED) is 0.168. The van der Waals surface area contributed by atoms with Gasteiger partial charge in [0, 0.05) is 39.4 Å².